The molecule has 0 spiro atoms. The largest absolute Gasteiger partial charge is 0.478 e. The molecule has 2 N–H and O–H groups in total. The predicted molar refractivity (Wildman–Crippen MR) is 116 cm³/mol. The first-order chi connectivity index (χ1) is 15.9. The molecule has 3 aromatic rings. The molecule has 0 bridgehead atoms. The van der Waals surface area contributed by atoms with Crippen LogP contribution in [0, 0.1) is 10.1 Å². The Kier molecular flexibility index (Phi) is 6.99. The van der Waals surface area contributed by atoms with E-state index in [1.807, 2.05) is 0 Å². The van der Waals surface area contributed by atoms with Crippen molar-refractivity contribution in [1.29, 1.82) is 0 Å². The highest BCUT2D eigenvalue weighted by Gasteiger charge is 2.31. The minimum atomic E-state index is -4.63. The Hall–Kier alpha value is -3.83. The number of rotatable bonds is 6. The lowest BCUT2D eigenvalue weighted by atomic mass is 10.1. The summed E-state index contributed by atoms with van der Waals surface area (Å²) in [6.45, 7) is 0. The lowest BCUT2D eigenvalue weighted by Crippen LogP contribution is -2.17. The Morgan fingerprint density at radius 1 is 1.00 bits per heavy atom. The van der Waals surface area contributed by atoms with Crippen LogP contribution in [-0.2, 0) is 6.18 Å². The molecule has 0 unspecified atom stereocenters. The van der Waals surface area contributed by atoms with Crippen LogP contribution in [0.15, 0.2) is 54.6 Å². The molecule has 0 atom stereocenters. The van der Waals surface area contributed by atoms with E-state index < -0.39 is 39.8 Å². The molecule has 0 saturated heterocycles. The molecule has 1 amide bonds. The molecule has 13 heteroatoms. The number of nitrogens with zero attached hydrogens (tertiary/aromatic N) is 1. The second-order valence-electron chi connectivity index (χ2n) is 6.60. The maximum Gasteiger partial charge on any atom is 0.416 e. The first kappa shape index (κ1) is 24.8. The molecule has 0 aliphatic rings. The van der Waals surface area contributed by atoms with Gasteiger partial charge < -0.3 is 15.2 Å². The molecule has 0 aliphatic carbocycles. The van der Waals surface area contributed by atoms with Gasteiger partial charge in [0.25, 0.3) is 11.6 Å². The summed E-state index contributed by atoms with van der Waals surface area (Å²) in [5.41, 5.74) is -2.82. The highest BCUT2D eigenvalue weighted by Crippen LogP contribution is 2.37. The number of nitro groups is 1. The van der Waals surface area contributed by atoms with Gasteiger partial charge in [-0.3, -0.25) is 14.9 Å². The standard InChI is InChI=1S/C21H11Cl2F3N2O6/c22-14-3-1-2-12(20(30)31)18(14)27-19(29)13-9-11(5-6-16(13)28(32)33)34-17-7-4-10(8-15(17)23)21(24,25)26/h1-9H,(H,27,29)(H,30,31). The molecule has 0 heterocycles. The van der Waals surface area contributed by atoms with Crippen LogP contribution in [0.3, 0.4) is 0 Å². The van der Waals surface area contributed by atoms with Crippen molar-refractivity contribution in [2.45, 2.75) is 6.18 Å². The van der Waals surface area contributed by atoms with Crippen molar-refractivity contribution >= 4 is 46.5 Å². The van der Waals surface area contributed by atoms with E-state index in [2.05, 4.69) is 5.32 Å². The van der Waals surface area contributed by atoms with Gasteiger partial charge in [-0.15, -0.1) is 0 Å². The summed E-state index contributed by atoms with van der Waals surface area (Å²) >= 11 is 11.8. The zero-order valence-corrected chi connectivity index (χ0v) is 18.0. The normalized spacial score (nSPS) is 11.1. The predicted octanol–water partition coefficient (Wildman–Crippen LogP) is 6.66. The van der Waals surface area contributed by atoms with Crippen molar-refractivity contribution < 1.29 is 37.5 Å². The zero-order valence-electron chi connectivity index (χ0n) is 16.5. The topological polar surface area (TPSA) is 119 Å². The Morgan fingerprint density at radius 2 is 1.71 bits per heavy atom. The van der Waals surface area contributed by atoms with Gasteiger partial charge in [0, 0.05) is 12.1 Å². The lowest BCUT2D eigenvalue weighted by molar-refractivity contribution is -0.385. The van der Waals surface area contributed by atoms with Crippen molar-refractivity contribution in [2.24, 2.45) is 0 Å². The average molecular weight is 515 g/mol. The van der Waals surface area contributed by atoms with E-state index in [9.17, 15) is 38.0 Å². The van der Waals surface area contributed by atoms with Crippen molar-refractivity contribution in [3.63, 3.8) is 0 Å². The Bertz CT molecular complexity index is 1310. The molecule has 0 fully saturated rings. The van der Waals surface area contributed by atoms with Crippen molar-refractivity contribution in [1.82, 2.24) is 0 Å². The Morgan fingerprint density at radius 3 is 2.29 bits per heavy atom. The van der Waals surface area contributed by atoms with Crippen LogP contribution in [0.2, 0.25) is 10.0 Å². The van der Waals surface area contributed by atoms with Crippen molar-refractivity contribution in [2.75, 3.05) is 5.32 Å². The quantitative estimate of drug-likeness (QED) is 0.280. The molecule has 0 aromatic heterocycles. The lowest BCUT2D eigenvalue weighted by Gasteiger charge is -2.13. The van der Waals surface area contributed by atoms with E-state index in [4.69, 9.17) is 27.9 Å². The second-order valence-corrected chi connectivity index (χ2v) is 7.42. The van der Waals surface area contributed by atoms with E-state index in [0.717, 1.165) is 30.3 Å². The van der Waals surface area contributed by atoms with Gasteiger partial charge >= 0.3 is 12.1 Å². The first-order valence-electron chi connectivity index (χ1n) is 9.04. The molecule has 176 valence electrons. The first-order valence-corrected chi connectivity index (χ1v) is 9.80. The molecule has 8 nitrogen and oxygen atoms in total. The van der Waals surface area contributed by atoms with Crippen molar-refractivity contribution in [3.8, 4) is 11.5 Å². The molecule has 34 heavy (non-hydrogen) atoms. The monoisotopic (exact) mass is 514 g/mol. The number of para-hydroxylation sites is 1. The molecule has 0 aliphatic heterocycles. The molecular formula is C21H11Cl2F3N2O6. The van der Waals surface area contributed by atoms with Crippen LogP contribution in [0.1, 0.15) is 26.3 Å². The Balaban J connectivity index is 1.97. The number of nitro benzene ring substituents is 1. The summed E-state index contributed by atoms with van der Waals surface area (Å²) in [4.78, 5) is 34.8. The SMILES string of the molecule is O=C(Nc1c(Cl)cccc1C(=O)O)c1cc(Oc2ccc(C(F)(F)F)cc2Cl)ccc1[N+](=O)[O-]. The van der Waals surface area contributed by atoms with E-state index in [1.54, 1.807) is 0 Å². The third-order valence-electron chi connectivity index (χ3n) is 4.38. The number of hydrogen-bond donors (Lipinski definition) is 2. The van der Waals surface area contributed by atoms with Gasteiger partial charge in [0.15, 0.2) is 0 Å². The van der Waals surface area contributed by atoms with Crippen LogP contribution in [-0.4, -0.2) is 21.9 Å². The highest BCUT2D eigenvalue weighted by atomic mass is 35.5. The maximum absolute atomic E-state index is 12.8. The third-order valence-corrected chi connectivity index (χ3v) is 4.99. The minimum absolute atomic E-state index is 0.125. The number of alkyl halides is 3. The third kappa shape index (κ3) is 5.38. The number of hydrogen-bond acceptors (Lipinski definition) is 5. The van der Waals surface area contributed by atoms with Gasteiger partial charge in [-0.2, -0.15) is 13.2 Å². The van der Waals surface area contributed by atoms with Gasteiger partial charge in [0.2, 0.25) is 0 Å². The van der Waals surface area contributed by atoms with Gasteiger partial charge in [-0.25, -0.2) is 4.79 Å². The number of anilines is 1. The summed E-state index contributed by atoms with van der Waals surface area (Å²) < 4.78 is 43.9. The van der Waals surface area contributed by atoms with Crippen LogP contribution in [0.25, 0.3) is 0 Å². The number of carboxylic acids is 1. The molecular weight excluding hydrogens is 504 g/mol. The van der Waals surface area contributed by atoms with E-state index in [0.29, 0.717) is 6.07 Å². The average Bonchev–Trinajstić information content (AvgIpc) is 2.75. The maximum atomic E-state index is 12.8. The van der Waals surface area contributed by atoms with E-state index >= 15 is 0 Å². The number of halogens is 5. The molecule has 3 rings (SSSR count). The fourth-order valence-corrected chi connectivity index (χ4v) is 3.26. The Labute approximate surface area is 198 Å². The molecule has 0 radical (unpaired) electrons. The van der Waals surface area contributed by atoms with Crippen LogP contribution < -0.4 is 10.1 Å². The van der Waals surface area contributed by atoms with Gasteiger partial charge in [-0.05, 0) is 36.4 Å². The van der Waals surface area contributed by atoms with Crippen LogP contribution in [0.4, 0.5) is 24.5 Å². The van der Waals surface area contributed by atoms with Crippen LogP contribution in [0.5, 0.6) is 11.5 Å². The fraction of sp³-hybridized carbons (Fsp3) is 0.0476. The number of amides is 1. The number of carboxylic acid groups (broad SMARTS) is 1. The minimum Gasteiger partial charge on any atom is -0.478 e. The summed E-state index contributed by atoms with van der Waals surface area (Å²) in [6, 6.07) is 9.15. The zero-order chi connectivity index (χ0) is 25.2. The summed E-state index contributed by atoms with van der Waals surface area (Å²) in [5, 5.41) is 22.4. The number of carbonyl (C=O) groups excluding carboxylic acids is 1. The van der Waals surface area contributed by atoms with Crippen LogP contribution >= 0.6 is 23.2 Å². The summed E-state index contributed by atoms with van der Waals surface area (Å²) in [6.07, 6.45) is -4.63. The highest BCUT2D eigenvalue weighted by molar-refractivity contribution is 6.35. The van der Waals surface area contributed by atoms with Gasteiger partial charge in [0.1, 0.15) is 17.1 Å². The second kappa shape index (κ2) is 9.57. The number of aromatic carboxylic acids is 1. The number of benzene rings is 3. The van der Waals surface area contributed by atoms with Gasteiger partial charge in [0.05, 0.1) is 31.8 Å². The smallest absolute Gasteiger partial charge is 0.416 e. The molecule has 3 aromatic carbocycles. The van der Waals surface area contributed by atoms with Gasteiger partial charge in [-0.1, -0.05) is 29.3 Å². The summed E-state index contributed by atoms with van der Waals surface area (Å²) in [7, 11) is 0. The molecule has 0 saturated carbocycles. The number of nitrogens with one attached hydrogen (secondary N) is 1. The summed E-state index contributed by atoms with van der Waals surface area (Å²) in [5.74, 6) is -2.84. The number of carbonyl (C=O) groups is 2. The van der Waals surface area contributed by atoms with E-state index in [-0.39, 0.29) is 32.8 Å². The fourth-order valence-electron chi connectivity index (χ4n) is 2.82. The van der Waals surface area contributed by atoms with E-state index in [1.165, 1.54) is 18.2 Å². The van der Waals surface area contributed by atoms with Crippen molar-refractivity contribution in [3.05, 3.63) is 91.4 Å². The number of ether oxygens (including phenoxy) is 1.